The van der Waals surface area contributed by atoms with Gasteiger partial charge in [-0.25, -0.2) is 19.5 Å². The van der Waals surface area contributed by atoms with E-state index in [9.17, 15) is 4.79 Å². The van der Waals surface area contributed by atoms with E-state index in [0.717, 1.165) is 22.4 Å². The molecule has 0 saturated heterocycles. The summed E-state index contributed by atoms with van der Waals surface area (Å²) in [6.45, 7) is 5.73. The van der Waals surface area contributed by atoms with Crippen LogP contribution in [-0.2, 0) is 0 Å². The van der Waals surface area contributed by atoms with Crippen molar-refractivity contribution in [2.45, 2.75) is 26.8 Å². The maximum Gasteiger partial charge on any atom is 0.257 e. The largest absolute Gasteiger partial charge is 0.345 e. The second kappa shape index (κ2) is 7.15. The topological polar surface area (TPSA) is 98.0 Å². The highest BCUT2D eigenvalue weighted by molar-refractivity contribution is 5.99. The molecule has 0 aromatic carbocycles. The van der Waals surface area contributed by atoms with E-state index in [4.69, 9.17) is 0 Å². The summed E-state index contributed by atoms with van der Waals surface area (Å²) in [5.74, 6) is 0.390. The molecule has 1 N–H and O–H groups in total. The molecule has 0 spiro atoms. The molecule has 140 valence electrons. The van der Waals surface area contributed by atoms with E-state index >= 15 is 0 Å². The first kappa shape index (κ1) is 17.7. The van der Waals surface area contributed by atoms with Crippen LogP contribution < -0.4 is 5.32 Å². The maximum atomic E-state index is 12.7. The number of aromatic nitrogens is 6. The molecule has 0 aliphatic heterocycles. The molecule has 1 atom stereocenters. The molecular formula is C20H19N7O. The van der Waals surface area contributed by atoms with Crippen molar-refractivity contribution >= 4 is 11.6 Å². The molecular weight excluding hydrogens is 354 g/mol. The smallest absolute Gasteiger partial charge is 0.257 e. The van der Waals surface area contributed by atoms with E-state index < -0.39 is 0 Å². The Morgan fingerprint density at radius 3 is 2.64 bits per heavy atom. The number of hydrogen-bond acceptors (Lipinski definition) is 6. The number of fused-ring (bicyclic) bond motifs is 1. The van der Waals surface area contributed by atoms with Crippen molar-refractivity contribution in [1.29, 1.82) is 0 Å². The predicted molar refractivity (Wildman–Crippen MR) is 104 cm³/mol. The van der Waals surface area contributed by atoms with Crippen LogP contribution in [0.5, 0.6) is 0 Å². The average Bonchev–Trinajstić information content (AvgIpc) is 3.11. The first-order valence-electron chi connectivity index (χ1n) is 8.87. The SMILES string of the molecule is Cc1cnc2c(C(=O)NC(C)c3cnc(-c4ccncc4)nc3C)cnn2c1. The summed E-state index contributed by atoms with van der Waals surface area (Å²) in [5, 5.41) is 7.19. The van der Waals surface area contributed by atoms with Crippen LogP contribution in [0.4, 0.5) is 0 Å². The standard InChI is InChI=1S/C20H19N7O/c1-12-8-23-19-17(10-24-27(19)11-12)20(28)26-14(3)16-9-22-18(25-13(16)2)15-4-6-21-7-5-15/h4-11,14H,1-3H3,(H,26,28). The lowest BCUT2D eigenvalue weighted by Crippen LogP contribution is -2.27. The van der Waals surface area contributed by atoms with Crippen LogP contribution in [0.25, 0.3) is 17.0 Å². The summed E-state index contributed by atoms with van der Waals surface area (Å²) in [6, 6.07) is 3.46. The van der Waals surface area contributed by atoms with Crippen LogP contribution in [-0.4, -0.2) is 35.5 Å². The fourth-order valence-electron chi connectivity index (χ4n) is 3.02. The highest BCUT2D eigenvalue weighted by atomic mass is 16.1. The molecule has 28 heavy (non-hydrogen) atoms. The van der Waals surface area contributed by atoms with Crippen LogP contribution >= 0.6 is 0 Å². The number of hydrogen-bond donors (Lipinski definition) is 1. The Kier molecular flexibility index (Phi) is 4.52. The molecule has 4 heterocycles. The predicted octanol–water partition coefficient (Wildman–Crippen LogP) is 2.69. The van der Waals surface area contributed by atoms with Crippen molar-refractivity contribution in [1.82, 2.24) is 34.9 Å². The third kappa shape index (κ3) is 3.32. The molecule has 0 radical (unpaired) electrons. The van der Waals surface area contributed by atoms with Gasteiger partial charge in [0.05, 0.1) is 12.2 Å². The van der Waals surface area contributed by atoms with E-state index in [1.165, 1.54) is 6.20 Å². The number of amides is 1. The monoisotopic (exact) mass is 373 g/mol. The molecule has 8 nitrogen and oxygen atoms in total. The highest BCUT2D eigenvalue weighted by Crippen LogP contribution is 2.20. The Hall–Kier alpha value is -3.68. The van der Waals surface area contributed by atoms with Crippen molar-refractivity contribution in [3.8, 4) is 11.4 Å². The fraction of sp³-hybridized carbons (Fsp3) is 0.200. The van der Waals surface area contributed by atoms with E-state index in [-0.39, 0.29) is 11.9 Å². The molecule has 0 aliphatic rings. The summed E-state index contributed by atoms with van der Waals surface area (Å²) in [7, 11) is 0. The molecule has 4 rings (SSSR count). The number of nitrogens with zero attached hydrogens (tertiary/aromatic N) is 6. The van der Waals surface area contributed by atoms with Crippen molar-refractivity contribution in [2.24, 2.45) is 0 Å². The van der Waals surface area contributed by atoms with Crippen LogP contribution in [0.2, 0.25) is 0 Å². The van der Waals surface area contributed by atoms with E-state index in [0.29, 0.717) is 17.0 Å². The Bertz CT molecular complexity index is 1150. The summed E-state index contributed by atoms with van der Waals surface area (Å²) in [6.07, 6.45) is 10.2. The van der Waals surface area contributed by atoms with E-state index in [1.807, 2.05) is 39.1 Å². The molecule has 4 aromatic rings. The quantitative estimate of drug-likeness (QED) is 0.591. The van der Waals surface area contributed by atoms with Gasteiger partial charge in [0, 0.05) is 47.8 Å². The van der Waals surface area contributed by atoms with Gasteiger partial charge in [-0.05, 0) is 38.5 Å². The normalized spacial score (nSPS) is 12.1. The zero-order chi connectivity index (χ0) is 19.7. The van der Waals surface area contributed by atoms with Gasteiger partial charge in [-0.2, -0.15) is 5.10 Å². The summed E-state index contributed by atoms with van der Waals surface area (Å²) in [5.41, 5.74) is 4.48. The van der Waals surface area contributed by atoms with Gasteiger partial charge in [-0.15, -0.1) is 0 Å². The summed E-state index contributed by atoms with van der Waals surface area (Å²) >= 11 is 0. The van der Waals surface area contributed by atoms with Crippen molar-refractivity contribution < 1.29 is 4.79 Å². The first-order valence-corrected chi connectivity index (χ1v) is 8.87. The van der Waals surface area contributed by atoms with E-state index in [1.54, 1.807) is 29.3 Å². The molecule has 4 aromatic heterocycles. The Morgan fingerprint density at radius 2 is 1.89 bits per heavy atom. The fourth-order valence-corrected chi connectivity index (χ4v) is 3.02. The van der Waals surface area contributed by atoms with Gasteiger partial charge in [0.15, 0.2) is 11.5 Å². The summed E-state index contributed by atoms with van der Waals surface area (Å²) < 4.78 is 1.60. The van der Waals surface area contributed by atoms with Gasteiger partial charge in [-0.3, -0.25) is 9.78 Å². The van der Waals surface area contributed by atoms with Gasteiger partial charge in [0.1, 0.15) is 5.56 Å². The zero-order valence-corrected chi connectivity index (χ0v) is 15.8. The average molecular weight is 373 g/mol. The highest BCUT2D eigenvalue weighted by Gasteiger charge is 2.19. The number of rotatable bonds is 4. The Labute approximate surface area is 161 Å². The Balaban J connectivity index is 1.56. The second-order valence-electron chi connectivity index (χ2n) is 6.62. The number of carbonyl (C=O) groups excluding carboxylic acids is 1. The lowest BCUT2D eigenvalue weighted by molar-refractivity contribution is 0.0941. The van der Waals surface area contributed by atoms with Crippen LogP contribution in [0, 0.1) is 13.8 Å². The third-order valence-corrected chi connectivity index (χ3v) is 4.50. The van der Waals surface area contributed by atoms with Gasteiger partial charge in [0.2, 0.25) is 0 Å². The molecule has 0 fully saturated rings. The first-order chi connectivity index (χ1) is 13.5. The van der Waals surface area contributed by atoms with Gasteiger partial charge < -0.3 is 5.32 Å². The van der Waals surface area contributed by atoms with Gasteiger partial charge in [-0.1, -0.05) is 0 Å². The second-order valence-corrected chi connectivity index (χ2v) is 6.62. The van der Waals surface area contributed by atoms with Crippen LogP contribution in [0.1, 0.15) is 40.1 Å². The Morgan fingerprint density at radius 1 is 1.11 bits per heavy atom. The number of carbonyl (C=O) groups is 1. The number of nitrogens with one attached hydrogen (secondary N) is 1. The minimum Gasteiger partial charge on any atom is -0.345 e. The third-order valence-electron chi connectivity index (χ3n) is 4.50. The number of pyridine rings is 1. The van der Waals surface area contributed by atoms with Gasteiger partial charge >= 0.3 is 0 Å². The van der Waals surface area contributed by atoms with Crippen molar-refractivity contribution in [3.05, 3.63) is 71.7 Å². The molecule has 0 bridgehead atoms. The molecule has 1 amide bonds. The lowest BCUT2D eigenvalue weighted by Gasteiger charge is -2.16. The minimum atomic E-state index is -0.264. The van der Waals surface area contributed by atoms with Crippen molar-refractivity contribution in [3.63, 3.8) is 0 Å². The lowest BCUT2D eigenvalue weighted by atomic mass is 10.1. The number of aryl methyl sites for hydroxylation is 2. The molecule has 0 saturated carbocycles. The summed E-state index contributed by atoms with van der Waals surface area (Å²) in [4.78, 5) is 30.1. The van der Waals surface area contributed by atoms with Crippen LogP contribution in [0.3, 0.4) is 0 Å². The van der Waals surface area contributed by atoms with E-state index in [2.05, 4.69) is 30.4 Å². The van der Waals surface area contributed by atoms with Crippen LogP contribution in [0.15, 0.2) is 49.3 Å². The van der Waals surface area contributed by atoms with Crippen molar-refractivity contribution in [2.75, 3.05) is 0 Å². The molecule has 8 heteroatoms. The van der Waals surface area contributed by atoms with Gasteiger partial charge in [0.25, 0.3) is 5.91 Å². The minimum absolute atomic E-state index is 0.239. The molecule has 1 unspecified atom stereocenters. The molecule has 0 aliphatic carbocycles. The maximum absolute atomic E-state index is 12.7. The zero-order valence-electron chi connectivity index (χ0n) is 15.8.